The molecule has 5 atom stereocenters. The van der Waals surface area contributed by atoms with Gasteiger partial charge in [-0.3, -0.25) is 4.79 Å². The second-order valence-electron chi connectivity index (χ2n) is 13.0. The van der Waals surface area contributed by atoms with Crippen molar-refractivity contribution < 1.29 is 33.7 Å². The Morgan fingerprint density at radius 3 is 2.72 bits per heavy atom. The zero-order valence-electron chi connectivity index (χ0n) is 25.8. The number of ketones is 1. The number of aliphatic hydroxyl groups excluding tert-OH is 1. The maximum absolute atomic E-state index is 13.9. The van der Waals surface area contributed by atoms with Crippen molar-refractivity contribution >= 4 is 11.9 Å². The number of allylic oxidation sites excluding steroid dienone is 2. The maximum atomic E-state index is 13.9. The van der Waals surface area contributed by atoms with Gasteiger partial charge in [-0.15, -0.1) is 0 Å². The number of amides is 1. The van der Waals surface area contributed by atoms with E-state index in [-0.39, 0.29) is 36.7 Å². The number of ether oxygens (including phenoxy) is 2. The summed E-state index contributed by atoms with van der Waals surface area (Å²) in [4.78, 5) is 28.7. The summed E-state index contributed by atoms with van der Waals surface area (Å²) >= 11 is 0. The van der Waals surface area contributed by atoms with Crippen LogP contribution in [0.4, 0.5) is 4.79 Å². The number of fused-ring (bicyclic) bond motifs is 8. The highest BCUT2D eigenvalue weighted by Crippen LogP contribution is 2.59. The van der Waals surface area contributed by atoms with Gasteiger partial charge in [0.25, 0.3) is 0 Å². The SMILES string of the molecule is CCOC(=O)N(CC1CCCO1)CC1(O)CCC2c3ccc(cc3C(=O)c3ccco3)CC(O)CCC(C)=CCCC21C. The molecule has 5 unspecified atom stereocenters. The van der Waals surface area contributed by atoms with E-state index in [0.29, 0.717) is 50.8 Å². The van der Waals surface area contributed by atoms with Crippen LogP contribution >= 0.6 is 0 Å². The summed E-state index contributed by atoms with van der Waals surface area (Å²) in [5.74, 6) is -0.0871. The second-order valence-corrected chi connectivity index (χ2v) is 13.0. The lowest BCUT2D eigenvalue weighted by Gasteiger charge is -2.46. The zero-order valence-corrected chi connectivity index (χ0v) is 25.8. The summed E-state index contributed by atoms with van der Waals surface area (Å²) in [6.45, 7) is 7.44. The molecule has 1 aromatic heterocycles. The average molecular weight is 594 g/mol. The van der Waals surface area contributed by atoms with E-state index in [1.807, 2.05) is 18.2 Å². The minimum atomic E-state index is -1.22. The quantitative estimate of drug-likeness (QED) is 0.291. The van der Waals surface area contributed by atoms with Crippen molar-refractivity contribution in [2.24, 2.45) is 5.41 Å². The van der Waals surface area contributed by atoms with Crippen LogP contribution in [-0.4, -0.2) is 71.1 Å². The predicted octanol–water partition coefficient (Wildman–Crippen LogP) is 6.19. The Morgan fingerprint density at radius 1 is 1.16 bits per heavy atom. The molecule has 4 aliphatic rings. The molecule has 2 aromatic rings. The van der Waals surface area contributed by atoms with E-state index in [1.165, 1.54) is 11.8 Å². The molecule has 2 N–H and O–H groups in total. The molecule has 1 amide bonds. The first-order valence-corrected chi connectivity index (χ1v) is 15.9. The van der Waals surface area contributed by atoms with Crippen molar-refractivity contribution in [3.8, 4) is 0 Å². The third kappa shape index (κ3) is 6.76. The summed E-state index contributed by atoms with van der Waals surface area (Å²) < 4.78 is 16.8. The number of hydrogen-bond acceptors (Lipinski definition) is 7. The van der Waals surface area contributed by atoms with E-state index in [0.717, 1.165) is 36.8 Å². The molecule has 8 heteroatoms. The van der Waals surface area contributed by atoms with Crippen LogP contribution < -0.4 is 0 Å². The topological polar surface area (TPSA) is 109 Å². The molecular weight excluding hydrogens is 546 g/mol. The number of carbonyl (C=O) groups is 2. The predicted molar refractivity (Wildman–Crippen MR) is 163 cm³/mol. The van der Waals surface area contributed by atoms with Crippen LogP contribution in [0.1, 0.15) is 105 Å². The Bertz CT molecular complexity index is 1300. The molecule has 1 aromatic carbocycles. The number of furan rings is 1. The van der Waals surface area contributed by atoms with E-state index in [4.69, 9.17) is 13.9 Å². The van der Waals surface area contributed by atoms with Crippen LogP contribution in [-0.2, 0) is 15.9 Å². The lowest BCUT2D eigenvalue weighted by molar-refractivity contribution is -0.0851. The third-order valence-electron chi connectivity index (χ3n) is 10.1. The lowest BCUT2D eigenvalue weighted by atomic mass is 9.64. The van der Waals surface area contributed by atoms with Gasteiger partial charge in [-0.25, -0.2) is 4.79 Å². The minimum Gasteiger partial charge on any atom is -0.461 e. The summed E-state index contributed by atoms with van der Waals surface area (Å²) in [5.41, 5.74) is 1.65. The normalized spacial score (nSPS) is 29.5. The number of nitrogens with zero attached hydrogens (tertiary/aromatic N) is 1. The first kappa shape index (κ1) is 31.5. The minimum absolute atomic E-state index is 0.0759. The molecule has 1 saturated carbocycles. The van der Waals surface area contributed by atoms with Crippen LogP contribution in [0.25, 0.3) is 0 Å². The molecule has 1 aliphatic heterocycles. The summed E-state index contributed by atoms with van der Waals surface area (Å²) in [6.07, 6.45) is 8.92. The Morgan fingerprint density at radius 2 is 2.00 bits per heavy atom. The van der Waals surface area contributed by atoms with Crippen molar-refractivity contribution in [1.82, 2.24) is 4.90 Å². The van der Waals surface area contributed by atoms with Gasteiger partial charge in [-0.05, 0) is 107 Å². The van der Waals surface area contributed by atoms with Crippen LogP contribution in [0.3, 0.4) is 0 Å². The standard InChI is InChI=1S/C35H47NO7/c1-4-41-33(39)36(22-27-9-6-18-42-27)23-35(40)17-15-30-28-14-12-25(21-29(28)32(38)31-10-7-19-43-31)20-26(37)13-11-24(2)8-5-16-34(30,35)3/h7-8,10,12,14,19,21,26-27,30,37,40H,4-6,9,11,13,15-18,20,22-23H2,1-3H3. The van der Waals surface area contributed by atoms with Gasteiger partial charge in [0.2, 0.25) is 5.78 Å². The summed E-state index contributed by atoms with van der Waals surface area (Å²) in [7, 11) is 0. The van der Waals surface area contributed by atoms with Crippen LogP contribution in [0.15, 0.2) is 52.7 Å². The molecule has 2 fully saturated rings. The van der Waals surface area contributed by atoms with E-state index in [9.17, 15) is 19.8 Å². The monoisotopic (exact) mass is 593 g/mol. The summed E-state index contributed by atoms with van der Waals surface area (Å²) in [5, 5.41) is 23.4. The fraction of sp³-hybridized carbons (Fsp3) is 0.600. The molecule has 2 bridgehead atoms. The fourth-order valence-corrected chi connectivity index (χ4v) is 7.51. The average Bonchev–Trinajstić information content (AvgIpc) is 3.74. The van der Waals surface area contributed by atoms with E-state index in [1.54, 1.807) is 24.0 Å². The second kappa shape index (κ2) is 13.4. The van der Waals surface area contributed by atoms with Gasteiger partial charge in [0.05, 0.1) is 43.8 Å². The Labute approximate surface area is 255 Å². The molecule has 1 saturated heterocycles. The molecule has 6 rings (SSSR count). The highest BCUT2D eigenvalue weighted by atomic mass is 16.6. The van der Waals surface area contributed by atoms with Gasteiger partial charge in [0.1, 0.15) is 0 Å². The zero-order chi connectivity index (χ0) is 30.6. The van der Waals surface area contributed by atoms with Crippen LogP contribution in [0.5, 0.6) is 0 Å². The smallest absolute Gasteiger partial charge is 0.409 e. The molecule has 43 heavy (non-hydrogen) atoms. The number of rotatable bonds is 7. The van der Waals surface area contributed by atoms with Gasteiger partial charge in [0, 0.05) is 17.6 Å². The molecule has 234 valence electrons. The van der Waals surface area contributed by atoms with Gasteiger partial charge < -0.3 is 29.0 Å². The molecule has 3 aliphatic carbocycles. The molecule has 2 heterocycles. The van der Waals surface area contributed by atoms with E-state index in [2.05, 4.69) is 19.9 Å². The largest absolute Gasteiger partial charge is 0.461 e. The van der Waals surface area contributed by atoms with Crippen molar-refractivity contribution in [2.75, 3.05) is 26.3 Å². The number of hydrogen-bond donors (Lipinski definition) is 2. The number of benzene rings is 1. The first-order valence-electron chi connectivity index (χ1n) is 15.9. The fourth-order valence-electron chi connectivity index (χ4n) is 7.51. The van der Waals surface area contributed by atoms with Crippen LogP contribution in [0, 0.1) is 5.41 Å². The Balaban J connectivity index is 1.56. The Hall–Kier alpha value is -2.94. The van der Waals surface area contributed by atoms with Crippen molar-refractivity contribution in [1.29, 1.82) is 0 Å². The first-order chi connectivity index (χ1) is 20.6. The van der Waals surface area contributed by atoms with Gasteiger partial charge >= 0.3 is 6.09 Å². The number of aliphatic hydroxyl groups is 2. The van der Waals surface area contributed by atoms with Gasteiger partial charge in [-0.1, -0.05) is 30.7 Å². The highest BCUT2D eigenvalue weighted by molar-refractivity contribution is 6.08. The van der Waals surface area contributed by atoms with Gasteiger partial charge in [0.15, 0.2) is 5.76 Å². The maximum Gasteiger partial charge on any atom is 0.409 e. The van der Waals surface area contributed by atoms with E-state index < -0.39 is 23.2 Å². The highest BCUT2D eigenvalue weighted by Gasteiger charge is 2.58. The molecule has 0 spiro atoms. The lowest BCUT2D eigenvalue weighted by Crippen LogP contribution is -2.55. The van der Waals surface area contributed by atoms with Crippen molar-refractivity contribution in [3.63, 3.8) is 0 Å². The summed E-state index contributed by atoms with van der Waals surface area (Å²) in [6, 6.07) is 9.29. The Kier molecular flexibility index (Phi) is 9.79. The van der Waals surface area contributed by atoms with Crippen molar-refractivity contribution in [3.05, 3.63) is 70.7 Å². The van der Waals surface area contributed by atoms with Crippen molar-refractivity contribution in [2.45, 2.75) is 102 Å². The molecule has 0 radical (unpaired) electrons. The van der Waals surface area contributed by atoms with Gasteiger partial charge in [-0.2, -0.15) is 0 Å². The van der Waals surface area contributed by atoms with Crippen LogP contribution in [0.2, 0.25) is 0 Å². The van der Waals surface area contributed by atoms with E-state index >= 15 is 0 Å². The molecular formula is C35H47NO7. The molecule has 8 nitrogen and oxygen atoms in total. The number of carbonyl (C=O) groups excluding carboxylic acids is 2. The third-order valence-corrected chi connectivity index (χ3v) is 10.1.